The summed E-state index contributed by atoms with van der Waals surface area (Å²) in [7, 11) is -2.39. The monoisotopic (exact) mass is 458 g/mol. The highest BCUT2D eigenvalue weighted by Crippen LogP contribution is 2.26. The molecular formula is C18H20BrFN2O4S. The molecule has 0 aliphatic rings. The van der Waals surface area contributed by atoms with Crippen LogP contribution >= 0.6 is 15.9 Å². The number of carbonyl (C=O) groups excluding carboxylic acids is 1. The van der Waals surface area contributed by atoms with Crippen LogP contribution in [0.1, 0.15) is 24.2 Å². The fourth-order valence-corrected chi connectivity index (χ4v) is 4.34. The van der Waals surface area contributed by atoms with Gasteiger partial charge in [0.1, 0.15) is 11.6 Å². The normalized spacial score (nSPS) is 11.5. The number of ether oxygens (including phenoxy) is 1. The second kappa shape index (κ2) is 8.81. The number of rotatable bonds is 7. The summed E-state index contributed by atoms with van der Waals surface area (Å²) >= 11 is 3.14. The summed E-state index contributed by atoms with van der Waals surface area (Å²) in [5.41, 5.74) is -0.0321. The molecule has 0 radical (unpaired) electrons. The third-order valence-corrected chi connectivity index (χ3v) is 6.48. The first kappa shape index (κ1) is 21.3. The van der Waals surface area contributed by atoms with Crippen LogP contribution in [-0.2, 0) is 10.0 Å². The van der Waals surface area contributed by atoms with Crippen molar-refractivity contribution in [3.8, 4) is 5.75 Å². The summed E-state index contributed by atoms with van der Waals surface area (Å²) in [5.74, 6) is -1.11. The Morgan fingerprint density at radius 3 is 2.41 bits per heavy atom. The van der Waals surface area contributed by atoms with Crippen molar-refractivity contribution in [3.05, 3.63) is 52.3 Å². The molecule has 6 nitrogen and oxygen atoms in total. The largest absolute Gasteiger partial charge is 0.496 e. The van der Waals surface area contributed by atoms with Gasteiger partial charge in [-0.3, -0.25) is 4.79 Å². The minimum atomic E-state index is -3.75. The summed E-state index contributed by atoms with van der Waals surface area (Å²) in [6, 6.07) is 8.22. The zero-order valence-corrected chi connectivity index (χ0v) is 17.5. The van der Waals surface area contributed by atoms with E-state index >= 15 is 0 Å². The maximum absolute atomic E-state index is 14.0. The molecule has 0 aliphatic heterocycles. The molecule has 9 heteroatoms. The second-order valence-corrected chi connectivity index (χ2v) is 8.38. The zero-order valence-electron chi connectivity index (χ0n) is 15.1. The van der Waals surface area contributed by atoms with Crippen molar-refractivity contribution < 1.29 is 22.3 Å². The quantitative estimate of drug-likeness (QED) is 0.682. The molecule has 1 N–H and O–H groups in total. The van der Waals surface area contributed by atoms with Gasteiger partial charge in [0, 0.05) is 17.6 Å². The molecule has 0 heterocycles. The van der Waals surface area contributed by atoms with E-state index in [1.165, 1.54) is 41.7 Å². The number of hydrogen-bond acceptors (Lipinski definition) is 4. The molecule has 0 atom stereocenters. The number of benzene rings is 2. The van der Waals surface area contributed by atoms with Gasteiger partial charge in [-0.25, -0.2) is 12.8 Å². The fraction of sp³-hybridized carbons (Fsp3) is 0.278. The first-order valence-corrected chi connectivity index (χ1v) is 10.4. The van der Waals surface area contributed by atoms with Crippen molar-refractivity contribution in [3.63, 3.8) is 0 Å². The Labute approximate surface area is 166 Å². The molecule has 0 spiro atoms. The number of hydrogen-bond donors (Lipinski definition) is 1. The van der Waals surface area contributed by atoms with Gasteiger partial charge in [-0.15, -0.1) is 0 Å². The van der Waals surface area contributed by atoms with E-state index in [-0.39, 0.29) is 21.9 Å². The highest BCUT2D eigenvalue weighted by atomic mass is 79.9. The highest BCUT2D eigenvalue weighted by molar-refractivity contribution is 9.10. The lowest BCUT2D eigenvalue weighted by Gasteiger charge is -2.19. The van der Waals surface area contributed by atoms with Gasteiger partial charge < -0.3 is 10.1 Å². The number of amides is 1. The lowest BCUT2D eigenvalue weighted by atomic mass is 10.1. The highest BCUT2D eigenvalue weighted by Gasteiger charge is 2.24. The van der Waals surface area contributed by atoms with E-state index in [4.69, 9.17) is 4.74 Å². The third kappa shape index (κ3) is 4.66. The van der Waals surface area contributed by atoms with Gasteiger partial charge >= 0.3 is 0 Å². The van der Waals surface area contributed by atoms with Gasteiger partial charge in [-0.2, -0.15) is 4.31 Å². The van der Waals surface area contributed by atoms with Crippen LogP contribution in [0.5, 0.6) is 5.75 Å². The zero-order chi connectivity index (χ0) is 20.2. The lowest BCUT2D eigenvalue weighted by Crippen LogP contribution is -2.30. The van der Waals surface area contributed by atoms with Crippen LogP contribution in [0.3, 0.4) is 0 Å². The van der Waals surface area contributed by atoms with E-state index in [9.17, 15) is 17.6 Å². The minimum Gasteiger partial charge on any atom is -0.496 e. The van der Waals surface area contributed by atoms with Gasteiger partial charge in [0.15, 0.2) is 0 Å². The molecule has 2 rings (SSSR count). The molecule has 27 heavy (non-hydrogen) atoms. The molecule has 0 saturated heterocycles. The van der Waals surface area contributed by atoms with Crippen LogP contribution in [-0.4, -0.2) is 38.8 Å². The molecule has 0 aliphatic carbocycles. The first-order valence-electron chi connectivity index (χ1n) is 8.19. The van der Waals surface area contributed by atoms with Gasteiger partial charge in [-0.1, -0.05) is 29.8 Å². The van der Waals surface area contributed by atoms with E-state index in [1.807, 2.05) is 0 Å². The third-order valence-electron chi connectivity index (χ3n) is 3.94. The van der Waals surface area contributed by atoms with Crippen molar-refractivity contribution in [1.82, 2.24) is 4.31 Å². The van der Waals surface area contributed by atoms with Crippen LogP contribution in [0.15, 0.2) is 45.8 Å². The average Bonchev–Trinajstić information content (AvgIpc) is 2.64. The summed E-state index contributed by atoms with van der Waals surface area (Å²) in [6.45, 7) is 4.07. The molecule has 2 aromatic carbocycles. The van der Waals surface area contributed by atoms with Gasteiger partial charge in [0.25, 0.3) is 5.91 Å². The van der Waals surface area contributed by atoms with Crippen molar-refractivity contribution in [2.45, 2.75) is 18.7 Å². The first-order chi connectivity index (χ1) is 12.7. The molecule has 0 saturated carbocycles. The van der Waals surface area contributed by atoms with E-state index in [0.717, 1.165) is 0 Å². The van der Waals surface area contributed by atoms with E-state index < -0.39 is 21.7 Å². The van der Waals surface area contributed by atoms with Crippen LogP contribution in [0, 0.1) is 5.82 Å². The SMILES string of the molecule is CCN(CC)S(=O)(=O)c1ccc(OC)c(C(=O)Nc2ccc(Br)cc2F)c1. The minimum absolute atomic E-state index is 0.00644. The van der Waals surface area contributed by atoms with Gasteiger partial charge in [-0.05, 0) is 36.4 Å². The Morgan fingerprint density at radius 2 is 1.85 bits per heavy atom. The van der Waals surface area contributed by atoms with E-state index in [2.05, 4.69) is 21.2 Å². The lowest BCUT2D eigenvalue weighted by molar-refractivity contribution is 0.102. The predicted octanol–water partition coefficient (Wildman–Crippen LogP) is 3.88. The molecule has 2 aromatic rings. The Kier molecular flexibility index (Phi) is 6.96. The number of nitrogens with zero attached hydrogens (tertiary/aromatic N) is 1. The molecule has 0 bridgehead atoms. The fourth-order valence-electron chi connectivity index (χ4n) is 2.52. The Bertz CT molecular complexity index is 946. The summed E-state index contributed by atoms with van der Waals surface area (Å²) in [6.07, 6.45) is 0. The number of sulfonamides is 1. The number of nitrogens with one attached hydrogen (secondary N) is 1. The number of carbonyl (C=O) groups is 1. The second-order valence-electron chi connectivity index (χ2n) is 5.53. The maximum atomic E-state index is 14.0. The van der Waals surface area contributed by atoms with E-state index in [1.54, 1.807) is 19.9 Å². The van der Waals surface area contributed by atoms with Crippen LogP contribution < -0.4 is 10.1 Å². The van der Waals surface area contributed by atoms with E-state index in [0.29, 0.717) is 17.6 Å². The van der Waals surface area contributed by atoms with Crippen LogP contribution in [0.25, 0.3) is 0 Å². The number of halogens is 2. The standard InChI is InChI=1S/C18H20BrFN2O4S/c1-4-22(5-2)27(24,25)13-7-9-17(26-3)14(11-13)18(23)21-16-8-6-12(19)10-15(16)20/h6-11H,4-5H2,1-3H3,(H,21,23). The summed E-state index contributed by atoms with van der Waals surface area (Å²) in [4.78, 5) is 12.6. The molecule has 0 fully saturated rings. The molecule has 0 unspecified atom stereocenters. The Hall–Kier alpha value is -1.97. The summed E-state index contributed by atoms with van der Waals surface area (Å²) < 4.78 is 46.4. The molecule has 0 aromatic heterocycles. The summed E-state index contributed by atoms with van der Waals surface area (Å²) in [5, 5.41) is 2.44. The Morgan fingerprint density at radius 1 is 1.19 bits per heavy atom. The van der Waals surface area contributed by atoms with Gasteiger partial charge in [0.05, 0.1) is 23.3 Å². The maximum Gasteiger partial charge on any atom is 0.259 e. The van der Waals surface area contributed by atoms with Crippen LogP contribution in [0.4, 0.5) is 10.1 Å². The van der Waals surface area contributed by atoms with Crippen LogP contribution in [0.2, 0.25) is 0 Å². The molecule has 1 amide bonds. The predicted molar refractivity (Wildman–Crippen MR) is 105 cm³/mol. The number of anilines is 1. The van der Waals surface area contributed by atoms with Crippen molar-refractivity contribution in [1.29, 1.82) is 0 Å². The smallest absolute Gasteiger partial charge is 0.259 e. The molecular weight excluding hydrogens is 439 g/mol. The molecule has 146 valence electrons. The van der Waals surface area contributed by atoms with Crippen molar-refractivity contribution in [2.75, 3.05) is 25.5 Å². The topological polar surface area (TPSA) is 75.7 Å². The van der Waals surface area contributed by atoms with Gasteiger partial charge in [0.2, 0.25) is 10.0 Å². The number of methoxy groups -OCH3 is 1. The van der Waals surface area contributed by atoms with Crippen molar-refractivity contribution in [2.24, 2.45) is 0 Å². The van der Waals surface area contributed by atoms with Crippen molar-refractivity contribution >= 4 is 37.5 Å². The Balaban J connectivity index is 2.44. The average molecular weight is 459 g/mol.